The van der Waals surface area contributed by atoms with E-state index in [2.05, 4.69) is 15.2 Å². The molecule has 0 spiro atoms. The lowest BCUT2D eigenvalue weighted by molar-refractivity contribution is 0.378. The number of H-pyrrole nitrogens is 1. The number of allylic oxidation sites excluding steroid dienone is 1. The number of nitrogens with zero attached hydrogens (tertiary/aromatic N) is 3. The van der Waals surface area contributed by atoms with Crippen molar-refractivity contribution in [1.29, 1.82) is 5.26 Å². The topological polar surface area (TPSA) is 101 Å². The molecule has 0 saturated carbocycles. The summed E-state index contributed by atoms with van der Waals surface area (Å²) in [4.78, 5) is 4.29. The fourth-order valence-corrected chi connectivity index (χ4v) is 3.30. The Morgan fingerprint density at radius 2 is 2.08 bits per heavy atom. The average Bonchev–Trinajstić information content (AvgIpc) is 3.05. The van der Waals surface area contributed by atoms with Gasteiger partial charge in [0.05, 0.1) is 22.9 Å². The number of fused-ring (bicyclic) bond motifs is 1. The molecule has 0 aliphatic carbocycles. The second-order valence-electron chi connectivity index (χ2n) is 5.59. The van der Waals surface area contributed by atoms with Crippen LogP contribution in [0.3, 0.4) is 0 Å². The first-order valence-electron chi connectivity index (χ1n) is 7.63. The van der Waals surface area contributed by atoms with Crippen molar-refractivity contribution < 1.29 is 9.13 Å². The third kappa shape index (κ3) is 2.39. The van der Waals surface area contributed by atoms with Gasteiger partial charge in [0.15, 0.2) is 0 Å². The van der Waals surface area contributed by atoms with Crippen molar-refractivity contribution in [3.05, 3.63) is 76.0 Å². The quantitative estimate of drug-likeness (QED) is 0.722. The Hall–Kier alpha value is -3.37. The summed E-state index contributed by atoms with van der Waals surface area (Å²) in [6, 6.07) is 11.7. The molecule has 1 aromatic carbocycles. The van der Waals surface area contributed by atoms with E-state index in [0.29, 0.717) is 17.0 Å². The number of hydrogen-bond acceptors (Lipinski definition) is 5. The van der Waals surface area contributed by atoms with Crippen LogP contribution in [-0.4, -0.2) is 15.2 Å². The summed E-state index contributed by atoms with van der Waals surface area (Å²) in [5.41, 5.74) is 7.61. The molecule has 1 aliphatic heterocycles. The minimum absolute atomic E-state index is 0.0584. The van der Waals surface area contributed by atoms with E-state index in [1.54, 1.807) is 30.5 Å². The van der Waals surface area contributed by atoms with Crippen LogP contribution in [0.2, 0.25) is 5.02 Å². The number of aromatic nitrogens is 3. The first kappa shape index (κ1) is 16.1. The third-order valence-corrected chi connectivity index (χ3v) is 4.48. The lowest BCUT2D eigenvalue weighted by Gasteiger charge is -2.25. The number of pyridine rings is 1. The van der Waals surface area contributed by atoms with Gasteiger partial charge in [0.2, 0.25) is 11.8 Å². The smallest absolute Gasteiger partial charge is 0.244 e. The van der Waals surface area contributed by atoms with Crippen molar-refractivity contribution >= 4 is 11.6 Å². The van der Waals surface area contributed by atoms with Crippen molar-refractivity contribution in [2.75, 3.05) is 0 Å². The van der Waals surface area contributed by atoms with Gasteiger partial charge in [0, 0.05) is 16.8 Å². The molecule has 0 saturated heterocycles. The van der Waals surface area contributed by atoms with Gasteiger partial charge in [-0.3, -0.25) is 10.1 Å². The number of nitriles is 1. The number of ether oxygens (including phenoxy) is 1. The fraction of sp³-hybridized carbons (Fsp3) is 0.0556. The van der Waals surface area contributed by atoms with Crippen LogP contribution in [0.25, 0.3) is 11.4 Å². The minimum atomic E-state index is -0.867. The van der Waals surface area contributed by atoms with Gasteiger partial charge in [-0.15, -0.1) is 5.10 Å². The normalized spacial score (nSPS) is 16.0. The van der Waals surface area contributed by atoms with Gasteiger partial charge < -0.3 is 10.5 Å². The molecule has 3 aromatic rings. The summed E-state index contributed by atoms with van der Waals surface area (Å²) in [5.74, 6) is -1.40. The molecule has 26 heavy (non-hydrogen) atoms. The van der Waals surface area contributed by atoms with Crippen molar-refractivity contribution in [3.8, 4) is 23.3 Å². The number of benzene rings is 1. The van der Waals surface area contributed by atoms with Crippen LogP contribution in [0.5, 0.6) is 5.88 Å². The number of halogens is 2. The number of hydrogen-bond donors (Lipinski definition) is 2. The molecule has 8 heteroatoms. The SMILES string of the molecule is N#CC1=C(N)Oc2n[nH]c(-c3ccccn3)c2[C@@H]1c1c(F)cccc1Cl. The average molecular weight is 368 g/mol. The highest BCUT2D eigenvalue weighted by Crippen LogP contribution is 2.47. The number of rotatable bonds is 2. The zero-order valence-electron chi connectivity index (χ0n) is 13.2. The van der Waals surface area contributed by atoms with Crippen LogP contribution in [0.1, 0.15) is 17.0 Å². The molecule has 6 nitrogen and oxygen atoms in total. The first-order chi connectivity index (χ1) is 12.6. The zero-order chi connectivity index (χ0) is 18.3. The highest BCUT2D eigenvalue weighted by molar-refractivity contribution is 6.31. The molecule has 128 valence electrons. The Labute approximate surface area is 152 Å². The summed E-state index contributed by atoms with van der Waals surface area (Å²) in [5, 5.41) is 16.7. The molecule has 0 amide bonds. The molecule has 2 aromatic heterocycles. The summed E-state index contributed by atoms with van der Waals surface area (Å²) in [6.07, 6.45) is 1.62. The van der Waals surface area contributed by atoms with Gasteiger partial charge in [0.25, 0.3) is 0 Å². The second-order valence-corrected chi connectivity index (χ2v) is 6.00. The summed E-state index contributed by atoms with van der Waals surface area (Å²) in [7, 11) is 0. The van der Waals surface area contributed by atoms with Gasteiger partial charge in [-0.1, -0.05) is 23.7 Å². The van der Waals surface area contributed by atoms with Crippen molar-refractivity contribution in [3.63, 3.8) is 0 Å². The Morgan fingerprint density at radius 3 is 2.77 bits per heavy atom. The molecule has 1 atom stereocenters. The summed E-state index contributed by atoms with van der Waals surface area (Å²) >= 11 is 6.26. The summed E-state index contributed by atoms with van der Waals surface area (Å²) in [6.45, 7) is 0. The largest absolute Gasteiger partial charge is 0.420 e. The Kier molecular flexibility index (Phi) is 3.82. The highest BCUT2D eigenvalue weighted by atomic mass is 35.5. The van der Waals surface area contributed by atoms with E-state index < -0.39 is 11.7 Å². The van der Waals surface area contributed by atoms with E-state index >= 15 is 0 Å². The molecule has 0 unspecified atom stereocenters. The molecule has 0 fully saturated rings. The van der Waals surface area contributed by atoms with E-state index in [-0.39, 0.29) is 27.9 Å². The van der Waals surface area contributed by atoms with E-state index in [9.17, 15) is 9.65 Å². The van der Waals surface area contributed by atoms with E-state index in [1.165, 1.54) is 12.1 Å². The standard InChI is InChI=1S/C18H11ClFN5O/c19-10-4-3-5-11(20)14(10)13-9(8-21)17(22)26-18-15(13)16(24-25-18)12-6-1-2-7-23-12/h1-7,13H,22H2,(H,24,25)/t13-/m0/s1. The van der Waals surface area contributed by atoms with Gasteiger partial charge >= 0.3 is 0 Å². The molecule has 3 N–H and O–H groups in total. The molecular formula is C18H11ClFN5O. The molecular weight excluding hydrogens is 357 g/mol. The monoisotopic (exact) mass is 367 g/mol. The van der Waals surface area contributed by atoms with Gasteiger partial charge in [0.1, 0.15) is 17.5 Å². The maximum absolute atomic E-state index is 14.7. The van der Waals surface area contributed by atoms with Crippen LogP contribution in [0, 0.1) is 17.1 Å². The van der Waals surface area contributed by atoms with Crippen LogP contribution < -0.4 is 10.5 Å². The lowest BCUT2D eigenvalue weighted by atomic mass is 9.83. The van der Waals surface area contributed by atoms with E-state index in [0.717, 1.165) is 0 Å². The van der Waals surface area contributed by atoms with Crippen LogP contribution in [0.15, 0.2) is 54.1 Å². The van der Waals surface area contributed by atoms with E-state index in [1.807, 2.05) is 6.07 Å². The van der Waals surface area contributed by atoms with Crippen molar-refractivity contribution in [2.24, 2.45) is 5.73 Å². The Bertz CT molecular complexity index is 1050. The van der Waals surface area contributed by atoms with Crippen LogP contribution in [-0.2, 0) is 0 Å². The molecule has 0 bridgehead atoms. The van der Waals surface area contributed by atoms with Gasteiger partial charge in [-0.05, 0) is 24.3 Å². The number of aromatic amines is 1. The zero-order valence-corrected chi connectivity index (χ0v) is 14.0. The van der Waals surface area contributed by atoms with Gasteiger partial charge in [-0.2, -0.15) is 5.26 Å². The number of nitrogens with two attached hydrogens (primary N) is 1. The molecule has 0 radical (unpaired) electrons. The summed E-state index contributed by atoms with van der Waals surface area (Å²) < 4.78 is 20.1. The Morgan fingerprint density at radius 1 is 1.23 bits per heavy atom. The van der Waals surface area contributed by atoms with Gasteiger partial charge in [-0.25, -0.2) is 4.39 Å². The molecule has 1 aliphatic rings. The first-order valence-corrected chi connectivity index (χ1v) is 8.00. The second kappa shape index (κ2) is 6.17. The maximum Gasteiger partial charge on any atom is 0.244 e. The predicted molar refractivity (Wildman–Crippen MR) is 92.5 cm³/mol. The lowest BCUT2D eigenvalue weighted by Crippen LogP contribution is -2.21. The maximum atomic E-state index is 14.7. The van der Waals surface area contributed by atoms with Crippen molar-refractivity contribution in [2.45, 2.75) is 5.92 Å². The van der Waals surface area contributed by atoms with Crippen LogP contribution >= 0.6 is 11.6 Å². The fourth-order valence-electron chi connectivity index (χ4n) is 3.03. The third-order valence-electron chi connectivity index (χ3n) is 4.15. The molecule has 3 heterocycles. The van der Waals surface area contributed by atoms with Crippen LogP contribution in [0.4, 0.5) is 4.39 Å². The minimum Gasteiger partial charge on any atom is -0.420 e. The van der Waals surface area contributed by atoms with Crippen molar-refractivity contribution in [1.82, 2.24) is 15.2 Å². The highest BCUT2D eigenvalue weighted by Gasteiger charge is 2.38. The molecule has 4 rings (SSSR count). The Balaban J connectivity index is 2.02. The predicted octanol–water partition coefficient (Wildman–Crippen LogP) is 3.48. The number of nitrogens with one attached hydrogen (secondary N) is 1. The van der Waals surface area contributed by atoms with E-state index in [4.69, 9.17) is 22.1 Å².